The van der Waals surface area contributed by atoms with Crippen molar-refractivity contribution in [3.8, 4) is 11.1 Å². The Morgan fingerprint density at radius 3 is 2.50 bits per heavy atom. The van der Waals surface area contributed by atoms with Gasteiger partial charge in [-0.15, -0.1) is 0 Å². The summed E-state index contributed by atoms with van der Waals surface area (Å²) in [6.45, 7) is 0. The fourth-order valence-corrected chi connectivity index (χ4v) is 2.22. The predicted molar refractivity (Wildman–Crippen MR) is 51.9 cm³/mol. The van der Waals surface area contributed by atoms with Crippen molar-refractivity contribution < 1.29 is 0 Å². The van der Waals surface area contributed by atoms with Crippen molar-refractivity contribution in [3.05, 3.63) is 29.8 Å². The van der Waals surface area contributed by atoms with Crippen molar-refractivity contribution in [1.82, 2.24) is 0 Å². The van der Waals surface area contributed by atoms with E-state index in [2.05, 4.69) is 24.3 Å². The van der Waals surface area contributed by atoms with Gasteiger partial charge in [0, 0.05) is 0 Å². The van der Waals surface area contributed by atoms with Crippen LogP contribution in [-0.4, -0.2) is 0 Å². The van der Waals surface area contributed by atoms with Crippen molar-refractivity contribution >= 4 is 5.57 Å². The van der Waals surface area contributed by atoms with Crippen LogP contribution in [0.2, 0.25) is 0 Å². The van der Waals surface area contributed by atoms with Gasteiger partial charge in [-0.2, -0.15) is 0 Å². The number of fused-ring (bicyclic) bond motifs is 1. The molecule has 12 heavy (non-hydrogen) atoms. The molecule has 0 heterocycles. The molecule has 0 aliphatic heterocycles. The fourth-order valence-electron chi connectivity index (χ4n) is 2.22. The maximum absolute atomic E-state index is 2.43. The van der Waals surface area contributed by atoms with E-state index in [0.717, 1.165) is 0 Å². The minimum atomic E-state index is 1.29. The molecule has 0 saturated heterocycles. The quantitative estimate of drug-likeness (QED) is 0.591. The van der Waals surface area contributed by atoms with Crippen LogP contribution in [0.5, 0.6) is 0 Å². The summed E-state index contributed by atoms with van der Waals surface area (Å²) in [5.41, 5.74) is 6.23. The first-order valence-electron chi connectivity index (χ1n) is 4.79. The first-order chi connectivity index (χ1) is 5.97. The first-order valence-corrected chi connectivity index (χ1v) is 4.79. The Labute approximate surface area is 72.9 Å². The van der Waals surface area contributed by atoms with Gasteiger partial charge in [0.2, 0.25) is 0 Å². The SMILES string of the molecule is C1=C(c2c3cccc2-3)CCCC1. The average Bonchev–Trinajstić information content (AvgIpc) is 2.62. The molecule has 0 atom stereocenters. The standard InChI is InChI=1S/C12H12/c1-2-5-9(6-3-1)12-10-7-4-8-11(10)12/h4-5,7-8H,1-3,6H2. The smallest absolute Gasteiger partial charge is 0.00700 e. The van der Waals surface area contributed by atoms with Gasteiger partial charge in [0.1, 0.15) is 0 Å². The van der Waals surface area contributed by atoms with Crippen LogP contribution in [-0.2, 0) is 0 Å². The summed E-state index contributed by atoms with van der Waals surface area (Å²) in [4.78, 5) is 0. The molecule has 0 aromatic carbocycles. The van der Waals surface area contributed by atoms with Crippen LogP contribution in [0.15, 0.2) is 24.3 Å². The fraction of sp³-hybridized carbons (Fsp3) is 0.333. The maximum atomic E-state index is 2.43. The van der Waals surface area contributed by atoms with E-state index in [0.29, 0.717) is 0 Å². The van der Waals surface area contributed by atoms with Crippen molar-refractivity contribution in [2.75, 3.05) is 0 Å². The third-order valence-corrected chi connectivity index (χ3v) is 2.90. The molecule has 0 bridgehead atoms. The van der Waals surface area contributed by atoms with Gasteiger partial charge in [0.25, 0.3) is 0 Å². The van der Waals surface area contributed by atoms with Crippen LogP contribution in [0, 0.1) is 0 Å². The average molecular weight is 156 g/mol. The van der Waals surface area contributed by atoms with Crippen LogP contribution in [0.4, 0.5) is 0 Å². The monoisotopic (exact) mass is 156 g/mol. The molecule has 3 aliphatic carbocycles. The number of hydrogen-bond donors (Lipinski definition) is 0. The lowest BCUT2D eigenvalue weighted by Gasteiger charge is -2.07. The van der Waals surface area contributed by atoms with Crippen molar-refractivity contribution in [2.24, 2.45) is 0 Å². The summed E-state index contributed by atoms with van der Waals surface area (Å²) >= 11 is 0. The molecule has 0 heteroatoms. The van der Waals surface area contributed by atoms with E-state index in [1.54, 1.807) is 11.1 Å². The zero-order chi connectivity index (χ0) is 7.97. The van der Waals surface area contributed by atoms with E-state index in [9.17, 15) is 0 Å². The highest BCUT2D eigenvalue weighted by Gasteiger charge is 2.26. The Bertz CT molecular complexity index is 338. The molecule has 60 valence electrons. The Kier molecular flexibility index (Phi) is 1.20. The lowest BCUT2D eigenvalue weighted by molar-refractivity contribution is 0.743. The van der Waals surface area contributed by atoms with E-state index in [4.69, 9.17) is 0 Å². The molecule has 0 radical (unpaired) electrons. The molecule has 0 unspecified atom stereocenters. The number of rotatable bonds is 1. The van der Waals surface area contributed by atoms with Gasteiger partial charge in [0.15, 0.2) is 0 Å². The van der Waals surface area contributed by atoms with E-state index in [1.165, 1.54) is 36.8 Å². The van der Waals surface area contributed by atoms with Gasteiger partial charge < -0.3 is 0 Å². The molecule has 0 fully saturated rings. The van der Waals surface area contributed by atoms with E-state index in [-0.39, 0.29) is 0 Å². The van der Waals surface area contributed by atoms with Crippen LogP contribution in [0.1, 0.15) is 31.2 Å². The minimum Gasteiger partial charge on any atom is -0.0807 e. The molecule has 0 nitrogen and oxygen atoms in total. The maximum Gasteiger partial charge on any atom is -0.00700 e. The Hall–Kier alpha value is -1.04. The van der Waals surface area contributed by atoms with Gasteiger partial charge in [-0.05, 0) is 47.9 Å². The van der Waals surface area contributed by atoms with Crippen molar-refractivity contribution in [3.63, 3.8) is 0 Å². The van der Waals surface area contributed by atoms with Gasteiger partial charge in [0.05, 0.1) is 0 Å². The molecule has 3 rings (SSSR count). The van der Waals surface area contributed by atoms with Crippen molar-refractivity contribution in [1.29, 1.82) is 0 Å². The number of hydrogen-bond acceptors (Lipinski definition) is 0. The summed E-state index contributed by atoms with van der Waals surface area (Å²) < 4.78 is 0. The third kappa shape index (κ3) is 0.781. The first kappa shape index (κ1) is 6.47. The molecule has 0 aromatic rings. The Morgan fingerprint density at radius 1 is 1.00 bits per heavy atom. The zero-order valence-corrected chi connectivity index (χ0v) is 7.14. The molecular formula is C12H12. The van der Waals surface area contributed by atoms with E-state index in [1.807, 2.05) is 0 Å². The van der Waals surface area contributed by atoms with Crippen LogP contribution >= 0.6 is 0 Å². The van der Waals surface area contributed by atoms with Gasteiger partial charge in [-0.1, -0.05) is 24.3 Å². The third-order valence-electron chi connectivity index (χ3n) is 2.90. The Morgan fingerprint density at radius 2 is 1.83 bits per heavy atom. The van der Waals surface area contributed by atoms with Crippen molar-refractivity contribution in [2.45, 2.75) is 25.7 Å². The molecule has 0 aromatic heterocycles. The van der Waals surface area contributed by atoms with Gasteiger partial charge in [-0.25, -0.2) is 0 Å². The highest BCUT2D eigenvalue weighted by molar-refractivity contribution is 6.02. The van der Waals surface area contributed by atoms with Gasteiger partial charge >= 0.3 is 0 Å². The van der Waals surface area contributed by atoms with E-state index < -0.39 is 0 Å². The zero-order valence-electron chi connectivity index (χ0n) is 7.14. The second-order valence-corrected chi connectivity index (χ2v) is 3.70. The molecule has 0 amide bonds. The summed E-state index contributed by atoms with van der Waals surface area (Å²) in [6.07, 6.45) is 7.81. The largest absolute Gasteiger partial charge is 0.0807 e. The molecule has 0 N–H and O–H groups in total. The lowest BCUT2D eigenvalue weighted by Crippen LogP contribution is -1.86. The number of benzene rings is 1. The molecule has 0 saturated carbocycles. The molecule has 3 aliphatic rings. The normalized spacial score (nSPS) is 18.8. The summed E-state index contributed by atoms with van der Waals surface area (Å²) in [5.74, 6) is 0. The van der Waals surface area contributed by atoms with Crippen LogP contribution in [0.25, 0.3) is 16.7 Å². The molecule has 0 spiro atoms. The summed E-state index contributed by atoms with van der Waals surface area (Å²) in [6, 6.07) is 6.62. The summed E-state index contributed by atoms with van der Waals surface area (Å²) in [5, 5.41) is 0. The minimum absolute atomic E-state index is 1.29. The van der Waals surface area contributed by atoms with E-state index >= 15 is 0 Å². The highest BCUT2D eigenvalue weighted by atomic mass is 14.3. The summed E-state index contributed by atoms with van der Waals surface area (Å²) in [7, 11) is 0. The number of allylic oxidation sites excluding steroid dienone is 2. The molecular weight excluding hydrogens is 144 g/mol. The lowest BCUT2D eigenvalue weighted by atomic mass is 9.98. The van der Waals surface area contributed by atoms with Gasteiger partial charge in [-0.3, -0.25) is 0 Å². The predicted octanol–water partition coefficient (Wildman–Crippen LogP) is 3.62. The second-order valence-electron chi connectivity index (χ2n) is 3.70. The second kappa shape index (κ2) is 2.22. The van der Waals surface area contributed by atoms with Crippen LogP contribution < -0.4 is 0 Å². The highest BCUT2D eigenvalue weighted by Crippen LogP contribution is 2.49. The Balaban J connectivity index is 1.98. The van der Waals surface area contributed by atoms with Crippen LogP contribution in [0.3, 0.4) is 0 Å². The topological polar surface area (TPSA) is 0 Å².